The Morgan fingerprint density at radius 3 is 2.92 bits per heavy atom. The summed E-state index contributed by atoms with van der Waals surface area (Å²) in [6.45, 7) is 1.06. The summed E-state index contributed by atoms with van der Waals surface area (Å²) in [6, 6.07) is -0.385. The van der Waals surface area contributed by atoms with Gasteiger partial charge in [0.05, 0.1) is 12.6 Å². The largest absolute Gasteiger partial charge is 0.383 e. The van der Waals surface area contributed by atoms with Gasteiger partial charge in [-0.2, -0.15) is 11.8 Å². The fourth-order valence-electron chi connectivity index (χ4n) is 0.783. The van der Waals surface area contributed by atoms with Crippen LogP contribution < -0.4 is 11.1 Å². The van der Waals surface area contributed by atoms with Gasteiger partial charge in [0.2, 0.25) is 5.91 Å². The molecule has 0 heterocycles. The molecule has 0 saturated carbocycles. The molecule has 0 spiro atoms. The van der Waals surface area contributed by atoms with Crippen LogP contribution in [0.2, 0.25) is 0 Å². The Morgan fingerprint density at radius 2 is 2.38 bits per heavy atom. The smallest absolute Gasteiger partial charge is 0.237 e. The van der Waals surface area contributed by atoms with Crippen molar-refractivity contribution in [3.8, 4) is 0 Å². The van der Waals surface area contributed by atoms with Gasteiger partial charge in [0.1, 0.15) is 0 Å². The highest BCUT2D eigenvalue weighted by Gasteiger charge is 2.11. The molecule has 0 radical (unpaired) electrons. The van der Waals surface area contributed by atoms with E-state index < -0.39 is 0 Å². The number of ether oxygens (including phenoxy) is 1. The highest BCUT2D eigenvalue weighted by molar-refractivity contribution is 7.98. The van der Waals surface area contributed by atoms with Crippen LogP contribution in [0.25, 0.3) is 0 Å². The number of thioether (sulfide) groups is 1. The lowest BCUT2D eigenvalue weighted by Crippen LogP contribution is -2.42. The van der Waals surface area contributed by atoms with E-state index in [1.807, 2.05) is 6.26 Å². The van der Waals surface area contributed by atoms with Crippen LogP contribution in [0.1, 0.15) is 6.42 Å². The maximum absolute atomic E-state index is 11.2. The Morgan fingerprint density at radius 1 is 1.69 bits per heavy atom. The molecular weight excluding hydrogens is 188 g/mol. The molecule has 0 saturated heterocycles. The number of rotatable bonds is 7. The van der Waals surface area contributed by atoms with E-state index in [0.717, 1.165) is 12.2 Å². The second-order valence-corrected chi connectivity index (χ2v) is 3.66. The third-order valence-corrected chi connectivity index (χ3v) is 2.22. The van der Waals surface area contributed by atoms with E-state index in [0.29, 0.717) is 13.2 Å². The van der Waals surface area contributed by atoms with Gasteiger partial charge in [-0.1, -0.05) is 0 Å². The summed E-state index contributed by atoms with van der Waals surface area (Å²) in [4.78, 5) is 11.2. The molecule has 0 unspecified atom stereocenters. The fourth-order valence-corrected chi connectivity index (χ4v) is 1.27. The Kier molecular flexibility index (Phi) is 8.18. The van der Waals surface area contributed by atoms with Gasteiger partial charge in [0, 0.05) is 13.7 Å². The van der Waals surface area contributed by atoms with Crippen LogP contribution in [-0.4, -0.2) is 44.2 Å². The molecule has 13 heavy (non-hydrogen) atoms. The van der Waals surface area contributed by atoms with Crippen molar-refractivity contribution in [2.24, 2.45) is 5.73 Å². The highest BCUT2D eigenvalue weighted by atomic mass is 32.2. The minimum Gasteiger partial charge on any atom is -0.383 e. The normalized spacial score (nSPS) is 12.5. The molecule has 0 bridgehead atoms. The highest BCUT2D eigenvalue weighted by Crippen LogP contribution is 1.98. The lowest BCUT2D eigenvalue weighted by atomic mass is 10.2. The van der Waals surface area contributed by atoms with Crippen molar-refractivity contribution in [1.82, 2.24) is 5.32 Å². The van der Waals surface area contributed by atoms with Crippen molar-refractivity contribution in [3.05, 3.63) is 0 Å². The minimum absolute atomic E-state index is 0.0916. The summed E-state index contributed by atoms with van der Waals surface area (Å²) < 4.78 is 4.79. The van der Waals surface area contributed by atoms with Crippen LogP contribution in [0.15, 0.2) is 0 Å². The maximum Gasteiger partial charge on any atom is 0.237 e. The molecule has 3 N–H and O–H groups in total. The molecule has 0 aromatic rings. The molecule has 5 heteroatoms. The zero-order valence-electron chi connectivity index (χ0n) is 8.21. The molecule has 0 fully saturated rings. The average molecular weight is 206 g/mol. The zero-order valence-corrected chi connectivity index (χ0v) is 9.02. The quantitative estimate of drug-likeness (QED) is 0.568. The SMILES string of the molecule is COCCNC(=O)[C@H](N)CCSC. The van der Waals surface area contributed by atoms with Crippen LogP contribution in [-0.2, 0) is 9.53 Å². The molecule has 0 aromatic heterocycles. The first-order chi connectivity index (χ1) is 6.22. The van der Waals surface area contributed by atoms with Gasteiger partial charge in [-0.15, -0.1) is 0 Å². The van der Waals surface area contributed by atoms with E-state index in [2.05, 4.69) is 5.32 Å². The Balaban J connectivity index is 3.45. The van der Waals surface area contributed by atoms with Gasteiger partial charge in [0.25, 0.3) is 0 Å². The van der Waals surface area contributed by atoms with Crippen LogP contribution in [0.4, 0.5) is 0 Å². The van der Waals surface area contributed by atoms with Gasteiger partial charge in [-0.25, -0.2) is 0 Å². The van der Waals surface area contributed by atoms with Crippen molar-refractivity contribution < 1.29 is 9.53 Å². The van der Waals surface area contributed by atoms with Gasteiger partial charge in [-0.3, -0.25) is 4.79 Å². The fraction of sp³-hybridized carbons (Fsp3) is 0.875. The van der Waals surface area contributed by atoms with Gasteiger partial charge in [-0.05, 0) is 18.4 Å². The van der Waals surface area contributed by atoms with E-state index in [1.54, 1.807) is 18.9 Å². The first-order valence-electron chi connectivity index (χ1n) is 4.23. The van der Waals surface area contributed by atoms with E-state index in [9.17, 15) is 4.79 Å². The third-order valence-electron chi connectivity index (χ3n) is 1.58. The molecule has 0 aliphatic rings. The van der Waals surface area contributed by atoms with Crippen LogP contribution >= 0.6 is 11.8 Å². The van der Waals surface area contributed by atoms with Crippen LogP contribution in [0, 0.1) is 0 Å². The molecular formula is C8H18N2O2S. The predicted molar refractivity (Wildman–Crippen MR) is 55.9 cm³/mol. The molecule has 0 aliphatic heterocycles. The summed E-state index contributed by atoms with van der Waals surface area (Å²) >= 11 is 1.69. The number of hydrogen-bond donors (Lipinski definition) is 2. The third kappa shape index (κ3) is 6.86. The summed E-state index contributed by atoms with van der Waals surface area (Å²) in [5.41, 5.74) is 5.62. The molecule has 1 atom stereocenters. The van der Waals surface area contributed by atoms with Gasteiger partial charge >= 0.3 is 0 Å². The lowest BCUT2D eigenvalue weighted by Gasteiger charge is -2.10. The molecule has 78 valence electrons. The van der Waals surface area contributed by atoms with E-state index in [1.165, 1.54) is 0 Å². The zero-order chi connectivity index (χ0) is 10.1. The second-order valence-electron chi connectivity index (χ2n) is 2.67. The standard InChI is InChI=1S/C8H18N2O2S/c1-12-5-4-10-8(11)7(9)3-6-13-2/h7H,3-6,9H2,1-2H3,(H,10,11)/t7-/m1/s1. The molecule has 1 amide bonds. The average Bonchev–Trinajstić information content (AvgIpc) is 2.14. The minimum atomic E-state index is -0.385. The second kappa shape index (κ2) is 8.34. The van der Waals surface area contributed by atoms with Crippen molar-refractivity contribution in [2.75, 3.05) is 32.3 Å². The van der Waals surface area contributed by atoms with E-state index >= 15 is 0 Å². The first-order valence-corrected chi connectivity index (χ1v) is 5.63. The lowest BCUT2D eigenvalue weighted by molar-refractivity contribution is -0.122. The summed E-state index contributed by atoms with van der Waals surface area (Å²) in [5.74, 6) is 0.824. The van der Waals surface area contributed by atoms with E-state index in [4.69, 9.17) is 10.5 Å². The molecule has 0 aliphatic carbocycles. The first kappa shape index (κ1) is 12.7. The van der Waals surface area contributed by atoms with Gasteiger partial charge < -0.3 is 15.8 Å². The predicted octanol–water partition coefficient (Wildman–Crippen LogP) is -0.171. The number of amides is 1. The summed E-state index contributed by atoms with van der Waals surface area (Å²) in [6.07, 6.45) is 2.72. The Bertz CT molecular complexity index is 144. The molecule has 0 rings (SSSR count). The maximum atomic E-state index is 11.2. The number of hydrogen-bond acceptors (Lipinski definition) is 4. The van der Waals surface area contributed by atoms with Crippen molar-refractivity contribution in [2.45, 2.75) is 12.5 Å². The molecule has 0 aromatic carbocycles. The Labute approximate surface area is 83.6 Å². The van der Waals surface area contributed by atoms with Crippen LogP contribution in [0.5, 0.6) is 0 Å². The number of nitrogens with two attached hydrogens (primary N) is 1. The van der Waals surface area contributed by atoms with Crippen molar-refractivity contribution in [1.29, 1.82) is 0 Å². The summed E-state index contributed by atoms with van der Waals surface area (Å²) in [7, 11) is 1.60. The topological polar surface area (TPSA) is 64.3 Å². The number of carbonyl (C=O) groups is 1. The monoisotopic (exact) mass is 206 g/mol. The number of carbonyl (C=O) groups excluding carboxylic acids is 1. The van der Waals surface area contributed by atoms with E-state index in [-0.39, 0.29) is 11.9 Å². The Hall–Kier alpha value is -0.260. The number of methoxy groups -OCH3 is 1. The van der Waals surface area contributed by atoms with Crippen LogP contribution in [0.3, 0.4) is 0 Å². The van der Waals surface area contributed by atoms with Crippen molar-refractivity contribution >= 4 is 17.7 Å². The van der Waals surface area contributed by atoms with Gasteiger partial charge in [0.15, 0.2) is 0 Å². The summed E-state index contributed by atoms with van der Waals surface area (Å²) in [5, 5.41) is 2.69. The number of nitrogens with one attached hydrogen (secondary N) is 1. The van der Waals surface area contributed by atoms with Crippen molar-refractivity contribution in [3.63, 3.8) is 0 Å². The molecule has 4 nitrogen and oxygen atoms in total.